The highest BCUT2D eigenvalue weighted by Gasteiger charge is 2.26. The molecular formula is C18H15Cl2F2NO2. The molecule has 1 saturated heterocycles. The van der Waals surface area contributed by atoms with Crippen LogP contribution in [0.5, 0.6) is 5.75 Å². The molecule has 0 aliphatic carbocycles. The van der Waals surface area contributed by atoms with Crippen molar-refractivity contribution in [1.82, 2.24) is 0 Å². The fourth-order valence-electron chi connectivity index (χ4n) is 2.94. The molecule has 2 aromatic rings. The lowest BCUT2D eigenvalue weighted by Crippen LogP contribution is -2.34. The van der Waals surface area contributed by atoms with Crippen LogP contribution in [-0.4, -0.2) is 25.5 Å². The van der Waals surface area contributed by atoms with Crippen LogP contribution in [0.25, 0.3) is 0 Å². The maximum atomic E-state index is 13.7. The van der Waals surface area contributed by atoms with E-state index in [-0.39, 0.29) is 34.0 Å². The summed E-state index contributed by atoms with van der Waals surface area (Å²) >= 11 is 11.8. The van der Waals surface area contributed by atoms with Crippen LogP contribution in [0.2, 0.25) is 10.0 Å². The predicted octanol–water partition coefficient (Wildman–Crippen LogP) is 5.13. The molecule has 0 bridgehead atoms. The van der Waals surface area contributed by atoms with E-state index in [1.165, 1.54) is 18.2 Å². The number of hydrogen-bond acceptors (Lipinski definition) is 3. The Kier molecular flexibility index (Phi) is 5.45. The van der Waals surface area contributed by atoms with Gasteiger partial charge in [0, 0.05) is 18.3 Å². The van der Waals surface area contributed by atoms with Crippen molar-refractivity contribution in [2.24, 2.45) is 0 Å². The maximum Gasteiger partial charge on any atom is 0.153 e. The molecule has 0 aromatic heterocycles. The van der Waals surface area contributed by atoms with E-state index in [0.29, 0.717) is 6.29 Å². The minimum atomic E-state index is -0.683. The van der Waals surface area contributed by atoms with E-state index in [2.05, 4.69) is 0 Å². The number of halogens is 4. The van der Waals surface area contributed by atoms with Crippen LogP contribution in [0.4, 0.5) is 14.5 Å². The van der Waals surface area contributed by atoms with Gasteiger partial charge in [-0.25, -0.2) is 8.78 Å². The lowest BCUT2D eigenvalue weighted by atomic mass is 10.2. The second-order valence-electron chi connectivity index (χ2n) is 5.82. The highest BCUT2D eigenvalue weighted by atomic mass is 35.5. The quantitative estimate of drug-likeness (QED) is 0.668. The summed E-state index contributed by atoms with van der Waals surface area (Å²) in [6.07, 6.45) is 2.19. The van der Waals surface area contributed by atoms with Gasteiger partial charge in [-0.05, 0) is 37.1 Å². The lowest BCUT2D eigenvalue weighted by Gasteiger charge is -2.27. The van der Waals surface area contributed by atoms with Crippen molar-refractivity contribution in [2.75, 3.05) is 18.1 Å². The largest absolute Gasteiger partial charge is 0.490 e. The van der Waals surface area contributed by atoms with Crippen molar-refractivity contribution in [3.05, 3.63) is 57.6 Å². The van der Waals surface area contributed by atoms with E-state index in [4.69, 9.17) is 27.9 Å². The molecular weight excluding hydrogens is 371 g/mol. The Hall–Kier alpha value is -1.85. The van der Waals surface area contributed by atoms with E-state index >= 15 is 0 Å². The Morgan fingerprint density at radius 1 is 1.16 bits per heavy atom. The van der Waals surface area contributed by atoms with E-state index in [0.717, 1.165) is 31.1 Å². The first-order chi connectivity index (χ1) is 12.0. The number of carbonyl (C=O) groups is 1. The Bertz CT molecular complexity index is 801. The summed E-state index contributed by atoms with van der Waals surface area (Å²) in [5.41, 5.74) is 0.609. The van der Waals surface area contributed by atoms with Crippen LogP contribution in [0, 0.1) is 11.6 Å². The van der Waals surface area contributed by atoms with Gasteiger partial charge in [0.2, 0.25) is 0 Å². The third-order valence-corrected chi connectivity index (χ3v) is 4.82. The second kappa shape index (κ2) is 7.58. The number of nitrogens with zero attached hydrogens (tertiary/aromatic N) is 1. The molecule has 7 heteroatoms. The summed E-state index contributed by atoms with van der Waals surface area (Å²) in [7, 11) is 0. The zero-order valence-corrected chi connectivity index (χ0v) is 14.7. The molecule has 132 valence electrons. The van der Waals surface area contributed by atoms with Crippen LogP contribution >= 0.6 is 23.2 Å². The van der Waals surface area contributed by atoms with Crippen LogP contribution in [0.1, 0.15) is 23.2 Å². The SMILES string of the molecule is O=Cc1cc(Cl)c(OCC2CCCN2c2ccc(Cl)c(F)c2)cc1F. The van der Waals surface area contributed by atoms with Crippen LogP contribution < -0.4 is 9.64 Å². The third-order valence-electron chi connectivity index (χ3n) is 4.22. The van der Waals surface area contributed by atoms with Gasteiger partial charge in [0.15, 0.2) is 6.29 Å². The van der Waals surface area contributed by atoms with Gasteiger partial charge in [-0.1, -0.05) is 23.2 Å². The smallest absolute Gasteiger partial charge is 0.153 e. The van der Waals surface area contributed by atoms with Gasteiger partial charge in [0.05, 0.1) is 21.7 Å². The number of rotatable bonds is 5. The Labute approximate surface area is 154 Å². The van der Waals surface area contributed by atoms with E-state index in [9.17, 15) is 13.6 Å². The van der Waals surface area contributed by atoms with Gasteiger partial charge in [0.25, 0.3) is 0 Å². The summed E-state index contributed by atoms with van der Waals surface area (Å²) in [6, 6.07) is 7.02. The van der Waals surface area contributed by atoms with Gasteiger partial charge in [-0.2, -0.15) is 0 Å². The molecule has 1 aliphatic rings. The van der Waals surface area contributed by atoms with E-state index in [1.807, 2.05) is 4.90 Å². The Morgan fingerprint density at radius 3 is 2.68 bits per heavy atom. The van der Waals surface area contributed by atoms with Crippen molar-refractivity contribution in [2.45, 2.75) is 18.9 Å². The number of hydrogen-bond donors (Lipinski definition) is 0. The van der Waals surface area contributed by atoms with Gasteiger partial charge in [0.1, 0.15) is 24.0 Å². The van der Waals surface area contributed by atoms with Gasteiger partial charge >= 0.3 is 0 Å². The average Bonchev–Trinajstić information content (AvgIpc) is 3.06. The number of aldehydes is 1. The molecule has 0 amide bonds. The van der Waals surface area contributed by atoms with Crippen molar-refractivity contribution >= 4 is 35.2 Å². The first kappa shape index (κ1) is 18.0. The Morgan fingerprint density at radius 2 is 1.96 bits per heavy atom. The van der Waals surface area contributed by atoms with Gasteiger partial charge < -0.3 is 9.64 Å². The standard InChI is InChI=1S/C18H15Cl2F2NO2/c19-14-4-3-12(7-17(14)22)23-5-1-2-13(23)10-25-18-8-16(21)11(9-24)6-15(18)20/h3-4,6-9,13H,1-2,5,10H2. The predicted molar refractivity (Wildman–Crippen MR) is 94.1 cm³/mol. The first-order valence-electron chi connectivity index (χ1n) is 7.78. The molecule has 1 fully saturated rings. The van der Waals surface area contributed by atoms with Crippen molar-refractivity contribution < 1.29 is 18.3 Å². The van der Waals surface area contributed by atoms with Crippen LogP contribution in [0.15, 0.2) is 30.3 Å². The minimum Gasteiger partial charge on any atom is -0.490 e. The number of anilines is 1. The van der Waals surface area contributed by atoms with Crippen LogP contribution in [0.3, 0.4) is 0 Å². The van der Waals surface area contributed by atoms with Gasteiger partial charge in [-0.15, -0.1) is 0 Å². The Balaban J connectivity index is 1.73. The molecule has 0 saturated carbocycles. The fourth-order valence-corrected chi connectivity index (χ4v) is 3.29. The first-order valence-corrected chi connectivity index (χ1v) is 8.54. The molecule has 1 atom stereocenters. The fraction of sp³-hybridized carbons (Fsp3) is 0.278. The summed E-state index contributed by atoms with van der Waals surface area (Å²) < 4.78 is 33.1. The van der Waals surface area contributed by atoms with Crippen molar-refractivity contribution in [1.29, 1.82) is 0 Å². The highest BCUT2D eigenvalue weighted by molar-refractivity contribution is 6.32. The van der Waals surface area contributed by atoms with Gasteiger partial charge in [-0.3, -0.25) is 4.79 Å². The van der Waals surface area contributed by atoms with Crippen LogP contribution in [-0.2, 0) is 0 Å². The minimum absolute atomic E-state index is 0.00505. The summed E-state index contributed by atoms with van der Waals surface area (Å²) in [5, 5.41) is 0.249. The van der Waals surface area contributed by atoms with Crippen molar-refractivity contribution in [3.63, 3.8) is 0 Å². The summed E-state index contributed by atoms with van der Waals surface area (Å²) in [5.74, 6) is -0.975. The average molecular weight is 386 g/mol. The molecule has 3 rings (SSSR count). The zero-order chi connectivity index (χ0) is 18.0. The summed E-state index contributed by atoms with van der Waals surface area (Å²) in [6.45, 7) is 1.03. The number of carbonyl (C=O) groups excluding carboxylic acids is 1. The molecule has 1 unspecified atom stereocenters. The number of ether oxygens (including phenoxy) is 1. The zero-order valence-electron chi connectivity index (χ0n) is 13.1. The molecule has 2 aromatic carbocycles. The van der Waals surface area contributed by atoms with E-state index < -0.39 is 11.6 Å². The third kappa shape index (κ3) is 3.88. The normalized spacial score (nSPS) is 17.0. The topological polar surface area (TPSA) is 29.5 Å². The summed E-state index contributed by atoms with van der Waals surface area (Å²) in [4.78, 5) is 12.8. The highest BCUT2D eigenvalue weighted by Crippen LogP contribution is 2.31. The lowest BCUT2D eigenvalue weighted by molar-refractivity contribution is 0.111. The molecule has 1 aliphatic heterocycles. The molecule has 0 radical (unpaired) electrons. The molecule has 0 N–H and O–H groups in total. The number of benzene rings is 2. The second-order valence-corrected chi connectivity index (χ2v) is 6.64. The molecule has 3 nitrogen and oxygen atoms in total. The maximum absolute atomic E-state index is 13.7. The monoisotopic (exact) mass is 385 g/mol. The molecule has 1 heterocycles. The molecule has 0 spiro atoms. The molecule has 25 heavy (non-hydrogen) atoms. The van der Waals surface area contributed by atoms with Crippen molar-refractivity contribution in [3.8, 4) is 5.75 Å². The van der Waals surface area contributed by atoms with E-state index in [1.54, 1.807) is 6.07 Å².